The van der Waals surface area contributed by atoms with Gasteiger partial charge in [-0.15, -0.1) is 0 Å². The van der Waals surface area contributed by atoms with Crippen LogP contribution in [0.5, 0.6) is 0 Å². The van der Waals surface area contributed by atoms with Crippen molar-refractivity contribution in [2.45, 2.75) is 20.4 Å². The van der Waals surface area contributed by atoms with Gasteiger partial charge in [0.15, 0.2) is 0 Å². The normalized spacial score (nSPS) is 14.3. The fraction of sp³-hybridized carbons (Fsp3) is 0.280. The summed E-state index contributed by atoms with van der Waals surface area (Å²) in [5.74, 6) is 0. The zero-order valence-electron chi connectivity index (χ0n) is 16.5. The third-order valence-corrected chi connectivity index (χ3v) is 4.97. The average molecular weight is 359 g/mol. The van der Waals surface area contributed by atoms with Crippen molar-refractivity contribution >= 4 is 0 Å². The quantitative estimate of drug-likeness (QED) is 0.704. The van der Waals surface area contributed by atoms with Gasteiger partial charge in [0, 0.05) is 32.7 Å². The van der Waals surface area contributed by atoms with Gasteiger partial charge in [-0.1, -0.05) is 84.4 Å². The lowest BCUT2D eigenvalue weighted by Gasteiger charge is -2.27. The Hall–Kier alpha value is -2.42. The molecule has 1 saturated heterocycles. The molecule has 0 aliphatic carbocycles. The molecule has 0 amide bonds. The Morgan fingerprint density at radius 2 is 1.37 bits per heavy atom. The molecule has 4 rings (SSSR count). The van der Waals surface area contributed by atoms with E-state index in [1.165, 1.54) is 27.8 Å². The van der Waals surface area contributed by atoms with Crippen LogP contribution in [0, 0.1) is 13.8 Å². The standard InChI is InChI=1S/C18H22N2.C7H8/c1-15-4-2-3-5-18(15)17-8-6-16(7-9-17)14-20-12-10-19-11-13-20;1-7-5-3-2-4-6-7/h2-9,19H,10-14H2,1H3;2-6H,1H3. The van der Waals surface area contributed by atoms with Crippen LogP contribution in [-0.4, -0.2) is 31.1 Å². The molecule has 0 aromatic heterocycles. The lowest BCUT2D eigenvalue weighted by Crippen LogP contribution is -2.42. The molecule has 0 saturated carbocycles. The molecule has 2 nitrogen and oxygen atoms in total. The fourth-order valence-electron chi connectivity index (χ4n) is 3.35. The molecule has 1 heterocycles. The smallest absolute Gasteiger partial charge is 0.0234 e. The van der Waals surface area contributed by atoms with Crippen LogP contribution < -0.4 is 5.32 Å². The zero-order valence-corrected chi connectivity index (χ0v) is 16.5. The van der Waals surface area contributed by atoms with Gasteiger partial charge in [0.1, 0.15) is 0 Å². The monoisotopic (exact) mass is 358 g/mol. The molecule has 0 unspecified atom stereocenters. The number of hydrogen-bond donors (Lipinski definition) is 1. The second-order valence-electron chi connectivity index (χ2n) is 7.19. The summed E-state index contributed by atoms with van der Waals surface area (Å²) >= 11 is 0. The second-order valence-corrected chi connectivity index (χ2v) is 7.19. The Balaban J connectivity index is 0.000000253. The molecule has 1 N–H and O–H groups in total. The van der Waals surface area contributed by atoms with Gasteiger partial charge in [-0.25, -0.2) is 0 Å². The third-order valence-electron chi connectivity index (χ3n) is 4.97. The Morgan fingerprint density at radius 1 is 0.741 bits per heavy atom. The van der Waals surface area contributed by atoms with E-state index >= 15 is 0 Å². The number of nitrogens with one attached hydrogen (secondary N) is 1. The Bertz CT molecular complexity index is 803. The van der Waals surface area contributed by atoms with Crippen molar-refractivity contribution in [3.05, 3.63) is 95.6 Å². The summed E-state index contributed by atoms with van der Waals surface area (Å²) in [6.07, 6.45) is 0. The molecule has 27 heavy (non-hydrogen) atoms. The van der Waals surface area contributed by atoms with Crippen LogP contribution in [-0.2, 0) is 6.54 Å². The molecule has 0 bridgehead atoms. The van der Waals surface area contributed by atoms with Crippen LogP contribution in [0.4, 0.5) is 0 Å². The number of nitrogens with zero attached hydrogens (tertiary/aromatic N) is 1. The molecule has 3 aromatic rings. The summed E-state index contributed by atoms with van der Waals surface area (Å²) in [5.41, 5.74) is 6.71. The van der Waals surface area contributed by atoms with Crippen molar-refractivity contribution < 1.29 is 0 Å². The summed E-state index contributed by atoms with van der Waals surface area (Å²) in [6, 6.07) is 27.9. The maximum atomic E-state index is 3.40. The molecule has 0 spiro atoms. The van der Waals surface area contributed by atoms with E-state index < -0.39 is 0 Å². The van der Waals surface area contributed by atoms with Gasteiger partial charge in [0.2, 0.25) is 0 Å². The maximum absolute atomic E-state index is 3.40. The molecule has 1 aliphatic heterocycles. The first-order chi connectivity index (χ1) is 13.2. The molecule has 0 atom stereocenters. The number of rotatable bonds is 3. The van der Waals surface area contributed by atoms with Crippen molar-refractivity contribution in [2.75, 3.05) is 26.2 Å². The average Bonchev–Trinajstić information content (AvgIpc) is 2.71. The van der Waals surface area contributed by atoms with Crippen molar-refractivity contribution in [3.8, 4) is 11.1 Å². The SMILES string of the molecule is Cc1ccccc1.Cc1ccccc1-c1ccc(CN2CCNCC2)cc1. The minimum atomic E-state index is 1.07. The van der Waals surface area contributed by atoms with E-state index in [-0.39, 0.29) is 0 Å². The van der Waals surface area contributed by atoms with Gasteiger partial charge < -0.3 is 5.32 Å². The lowest BCUT2D eigenvalue weighted by atomic mass is 9.99. The number of piperazine rings is 1. The van der Waals surface area contributed by atoms with E-state index in [4.69, 9.17) is 0 Å². The van der Waals surface area contributed by atoms with E-state index in [0.717, 1.165) is 32.7 Å². The molecule has 3 aromatic carbocycles. The Labute approximate surface area is 163 Å². The molecular weight excluding hydrogens is 328 g/mol. The van der Waals surface area contributed by atoms with Gasteiger partial charge in [-0.05, 0) is 36.1 Å². The summed E-state index contributed by atoms with van der Waals surface area (Å²) in [5, 5.41) is 3.40. The van der Waals surface area contributed by atoms with Gasteiger partial charge in [-0.2, -0.15) is 0 Å². The summed E-state index contributed by atoms with van der Waals surface area (Å²) < 4.78 is 0. The Kier molecular flexibility index (Phi) is 7.20. The third kappa shape index (κ3) is 6.06. The largest absolute Gasteiger partial charge is 0.314 e. The van der Waals surface area contributed by atoms with E-state index in [0.29, 0.717) is 0 Å². The fourth-order valence-corrected chi connectivity index (χ4v) is 3.35. The van der Waals surface area contributed by atoms with E-state index in [9.17, 15) is 0 Å². The van der Waals surface area contributed by atoms with Gasteiger partial charge >= 0.3 is 0 Å². The highest BCUT2D eigenvalue weighted by molar-refractivity contribution is 5.67. The molecule has 2 heteroatoms. The molecule has 1 aliphatic rings. The van der Waals surface area contributed by atoms with Gasteiger partial charge in [0.25, 0.3) is 0 Å². The van der Waals surface area contributed by atoms with Crippen LogP contribution in [0.1, 0.15) is 16.7 Å². The molecule has 140 valence electrons. The minimum Gasteiger partial charge on any atom is -0.314 e. The van der Waals surface area contributed by atoms with Crippen LogP contribution in [0.15, 0.2) is 78.9 Å². The first-order valence-electron chi connectivity index (χ1n) is 9.82. The van der Waals surface area contributed by atoms with Crippen LogP contribution in [0.3, 0.4) is 0 Å². The zero-order chi connectivity index (χ0) is 18.9. The van der Waals surface area contributed by atoms with Crippen LogP contribution in [0.25, 0.3) is 11.1 Å². The number of benzene rings is 3. The lowest BCUT2D eigenvalue weighted by molar-refractivity contribution is 0.233. The minimum absolute atomic E-state index is 1.07. The second kappa shape index (κ2) is 10.1. The van der Waals surface area contributed by atoms with E-state index in [1.54, 1.807) is 0 Å². The highest BCUT2D eigenvalue weighted by Crippen LogP contribution is 2.23. The summed E-state index contributed by atoms with van der Waals surface area (Å²) in [7, 11) is 0. The maximum Gasteiger partial charge on any atom is 0.0234 e. The number of aryl methyl sites for hydroxylation is 2. The topological polar surface area (TPSA) is 15.3 Å². The van der Waals surface area contributed by atoms with Crippen LogP contribution in [0.2, 0.25) is 0 Å². The first kappa shape index (κ1) is 19.3. The van der Waals surface area contributed by atoms with Crippen molar-refractivity contribution in [2.24, 2.45) is 0 Å². The number of hydrogen-bond acceptors (Lipinski definition) is 2. The highest BCUT2D eigenvalue weighted by atomic mass is 15.2. The van der Waals surface area contributed by atoms with Gasteiger partial charge in [-0.3, -0.25) is 4.90 Å². The molecular formula is C25H30N2. The summed E-state index contributed by atoms with van der Waals surface area (Å²) in [4.78, 5) is 2.51. The van der Waals surface area contributed by atoms with Crippen LogP contribution >= 0.6 is 0 Å². The van der Waals surface area contributed by atoms with Crippen molar-refractivity contribution in [1.82, 2.24) is 10.2 Å². The van der Waals surface area contributed by atoms with Gasteiger partial charge in [0.05, 0.1) is 0 Å². The predicted octanol–water partition coefficient (Wildman–Crippen LogP) is 5.06. The highest BCUT2D eigenvalue weighted by Gasteiger charge is 2.09. The van der Waals surface area contributed by atoms with Crippen molar-refractivity contribution in [3.63, 3.8) is 0 Å². The Morgan fingerprint density at radius 3 is 1.96 bits per heavy atom. The molecule has 0 radical (unpaired) electrons. The molecule has 1 fully saturated rings. The first-order valence-corrected chi connectivity index (χ1v) is 9.82. The van der Waals surface area contributed by atoms with E-state index in [2.05, 4.69) is 84.7 Å². The van der Waals surface area contributed by atoms with E-state index in [1.807, 2.05) is 18.2 Å². The predicted molar refractivity (Wildman–Crippen MR) is 116 cm³/mol. The summed E-state index contributed by atoms with van der Waals surface area (Å²) in [6.45, 7) is 9.85. The van der Waals surface area contributed by atoms with Crippen molar-refractivity contribution in [1.29, 1.82) is 0 Å².